The third-order valence-corrected chi connectivity index (χ3v) is 5.75. The van der Waals surface area contributed by atoms with Gasteiger partial charge < -0.3 is 10.1 Å². The molecule has 2 rings (SSSR count). The number of hydrogen-bond acceptors (Lipinski definition) is 5. The van der Waals surface area contributed by atoms with Crippen LogP contribution < -0.4 is 14.8 Å². The van der Waals surface area contributed by atoms with E-state index in [0.717, 1.165) is 30.1 Å². The van der Waals surface area contributed by atoms with Gasteiger partial charge in [-0.15, -0.1) is 11.8 Å². The van der Waals surface area contributed by atoms with Crippen molar-refractivity contribution >= 4 is 27.7 Å². The SMILES string of the molecule is C=CNC(=O)COc1c(F)cc(SCCNS(=O)(=O)c2ccccc2)cc1F. The molecule has 28 heavy (non-hydrogen) atoms. The van der Waals surface area contributed by atoms with Crippen LogP contribution in [0.3, 0.4) is 0 Å². The summed E-state index contributed by atoms with van der Waals surface area (Å²) in [6.07, 6.45) is 1.13. The van der Waals surface area contributed by atoms with Crippen LogP contribution in [0.2, 0.25) is 0 Å². The number of nitrogens with one attached hydrogen (secondary N) is 2. The molecule has 0 aliphatic carbocycles. The fourth-order valence-electron chi connectivity index (χ4n) is 2.08. The molecule has 6 nitrogen and oxygen atoms in total. The van der Waals surface area contributed by atoms with E-state index in [1.807, 2.05) is 0 Å². The maximum absolute atomic E-state index is 14.0. The maximum atomic E-state index is 14.0. The number of benzene rings is 2. The topological polar surface area (TPSA) is 84.5 Å². The van der Waals surface area contributed by atoms with Crippen LogP contribution >= 0.6 is 11.8 Å². The lowest BCUT2D eigenvalue weighted by Gasteiger charge is -2.10. The lowest BCUT2D eigenvalue weighted by molar-refractivity contribution is -0.122. The van der Waals surface area contributed by atoms with Gasteiger partial charge in [-0.2, -0.15) is 0 Å². The summed E-state index contributed by atoms with van der Waals surface area (Å²) in [6.45, 7) is 2.80. The molecule has 0 aromatic heterocycles. The molecular weight excluding hydrogens is 410 g/mol. The quantitative estimate of drug-likeness (QED) is 0.449. The number of halogens is 2. The van der Waals surface area contributed by atoms with Crippen molar-refractivity contribution in [1.29, 1.82) is 0 Å². The zero-order valence-corrected chi connectivity index (χ0v) is 16.3. The molecule has 2 aromatic rings. The molecule has 2 N–H and O–H groups in total. The lowest BCUT2D eigenvalue weighted by atomic mass is 10.3. The van der Waals surface area contributed by atoms with Crippen LogP contribution in [-0.2, 0) is 14.8 Å². The third kappa shape index (κ3) is 6.32. The second-order valence-electron chi connectivity index (χ2n) is 5.34. The highest BCUT2D eigenvalue weighted by atomic mass is 32.2. The van der Waals surface area contributed by atoms with Gasteiger partial charge in [0.25, 0.3) is 5.91 Å². The van der Waals surface area contributed by atoms with Crippen LogP contribution in [0.5, 0.6) is 5.75 Å². The Bertz CT molecular complexity index is 915. The number of carbonyl (C=O) groups is 1. The van der Waals surface area contributed by atoms with E-state index in [1.165, 1.54) is 12.1 Å². The predicted octanol–water partition coefficient (Wildman–Crippen LogP) is 2.67. The van der Waals surface area contributed by atoms with E-state index in [0.29, 0.717) is 0 Å². The summed E-state index contributed by atoms with van der Waals surface area (Å²) in [5.41, 5.74) is 0. The maximum Gasteiger partial charge on any atom is 0.261 e. The summed E-state index contributed by atoms with van der Waals surface area (Å²) in [5, 5.41) is 2.22. The Morgan fingerprint density at radius 3 is 2.43 bits per heavy atom. The van der Waals surface area contributed by atoms with Gasteiger partial charge in [0.1, 0.15) is 0 Å². The molecule has 150 valence electrons. The number of rotatable bonds is 10. The molecule has 0 saturated heterocycles. The molecule has 0 atom stereocenters. The number of thioether (sulfide) groups is 1. The molecule has 0 saturated carbocycles. The summed E-state index contributed by atoms with van der Waals surface area (Å²) in [7, 11) is -3.63. The first-order chi connectivity index (χ1) is 13.3. The molecule has 0 aliphatic rings. The van der Waals surface area contributed by atoms with Crippen molar-refractivity contribution in [2.24, 2.45) is 0 Å². The number of carbonyl (C=O) groups excluding carboxylic acids is 1. The van der Waals surface area contributed by atoms with Crippen LogP contribution in [0.4, 0.5) is 8.78 Å². The van der Waals surface area contributed by atoms with Gasteiger partial charge in [0.15, 0.2) is 24.0 Å². The van der Waals surface area contributed by atoms with Crippen LogP contribution in [0.1, 0.15) is 0 Å². The first-order valence-corrected chi connectivity index (χ1v) is 10.5. The van der Waals surface area contributed by atoms with Crippen LogP contribution in [0.15, 0.2) is 65.0 Å². The largest absolute Gasteiger partial charge is 0.478 e. The van der Waals surface area contributed by atoms with Crippen molar-refractivity contribution in [1.82, 2.24) is 10.0 Å². The Morgan fingerprint density at radius 2 is 1.82 bits per heavy atom. The van der Waals surface area contributed by atoms with Gasteiger partial charge in [-0.1, -0.05) is 24.8 Å². The second-order valence-corrected chi connectivity index (χ2v) is 8.27. The van der Waals surface area contributed by atoms with E-state index in [-0.39, 0.29) is 22.1 Å². The Kier molecular flexibility index (Phi) is 7.97. The molecule has 0 fully saturated rings. The van der Waals surface area contributed by atoms with E-state index in [1.54, 1.807) is 18.2 Å². The molecule has 0 bridgehead atoms. The number of amides is 1. The van der Waals surface area contributed by atoms with Gasteiger partial charge in [-0.3, -0.25) is 4.79 Å². The molecule has 0 aliphatic heterocycles. The molecule has 10 heteroatoms. The van der Waals surface area contributed by atoms with Crippen molar-refractivity contribution in [3.63, 3.8) is 0 Å². The second kappa shape index (κ2) is 10.2. The standard InChI is InChI=1S/C18H18F2N2O4S2/c1-2-21-17(23)12-26-18-15(19)10-13(11-16(18)20)27-9-8-22-28(24,25)14-6-4-3-5-7-14/h2-7,10-11,22H,1,8-9,12H2,(H,21,23). The number of sulfonamides is 1. The molecule has 1 amide bonds. The summed E-state index contributed by atoms with van der Waals surface area (Å²) < 4.78 is 59.5. The first-order valence-electron chi connectivity index (χ1n) is 8.03. The molecule has 0 radical (unpaired) electrons. The normalized spacial score (nSPS) is 11.1. The van der Waals surface area contributed by atoms with Crippen molar-refractivity contribution in [2.45, 2.75) is 9.79 Å². The summed E-state index contributed by atoms with van der Waals surface area (Å²) >= 11 is 1.07. The van der Waals surface area contributed by atoms with Crippen molar-refractivity contribution < 1.29 is 26.7 Å². The lowest BCUT2D eigenvalue weighted by Crippen LogP contribution is -2.26. The molecular formula is C18H18F2N2O4S2. The highest BCUT2D eigenvalue weighted by Crippen LogP contribution is 2.28. The van der Waals surface area contributed by atoms with E-state index in [9.17, 15) is 22.0 Å². The molecule has 0 unspecified atom stereocenters. The van der Waals surface area contributed by atoms with Gasteiger partial charge >= 0.3 is 0 Å². The summed E-state index contributed by atoms with van der Waals surface area (Å²) in [5.74, 6) is -2.92. The van der Waals surface area contributed by atoms with Crippen molar-refractivity contribution in [2.75, 3.05) is 18.9 Å². The van der Waals surface area contributed by atoms with Crippen molar-refractivity contribution in [3.05, 3.63) is 66.9 Å². The van der Waals surface area contributed by atoms with E-state index >= 15 is 0 Å². The monoisotopic (exact) mass is 428 g/mol. The highest BCUT2D eigenvalue weighted by Gasteiger charge is 2.15. The molecule has 0 heterocycles. The Balaban J connectivity index is 1.89. The molecule has 2 aromatic carbocycles. The van der Waals surface area contributed by atoms with Gasteiger partial charge in [0.05, 0.1) is 4.90 Å². The minimum Gasteiger partial charge on any atom is -0.478 e. The van der Waals surface area contributed by atoms with Gasteiger partial charge in [0, 0.05) is 17.2 Å². The minimum atomic E-state index is -3.63. The zero-order chi connectivity index (χ0) is 20.6. The zero-order valence-electron chi connectivity index (χ0n) is 14.7. The van der Waals surface area contributed by atoms with Crippen LogP contribution in [-0.4, -0.2) is 33.2 Å². The smallest absolute Gasteiger partial charge is 0.261 e. The van der Waals surface area contributed by atoms with Gasteiger partial charge in [0.2, 0.25) is 10.0 Å². The number of hydrogen-bond donors (Lipinski definition) is 2. The van der Waals surface area contributed by atoms with E-state index < -0.39 is 39.9 Å². The Morgan fingerprint density at radius 1 is 1.18 bits per heavy atom. The molecule has 0 spiro atoms. The first kappa shape index (κ1) is 21.9. The van der Waals surface area contributed by atoms with E-state index in [2.05, 4.69) is 16.6 Å². The minimum absolute atomic E-state index is 0.0745. The van der Waals surface area contributed by atoms with Crippen LogP contribution in [0.25, 0.3) is 0 Å². The third-order valence-electron chi connectivity index (χ3n) is 3.30. The number of ether oxygens (including phenoxy) is 1. The van der Waals surface area contributed by atoms with Gasteiger partial charge in [-0.25, -0.2) is 21.9 Å². The predicted molar refractivity (Wildman–Crippen MR) is 103 cm³/mol. The summed E-state index contributed by atoms with van der Waals surface area (Å²) in [4.78, 5) is 11.7. The Hall–Kier alpha value is -2.43. The average Bonchev–Trinajstić information content (AvgIpc) is 2.65. The van der Waals surface area contributed by atoms with E-state index in [4.69, 9.17) is 4.74 Å². The summed E-state index contributed by atoms with van der Waals surface area (Å²) in [6, 6.07) is 9.97. The van der Waals surface area contributed by atoms with Crippen molar-refractivity contribution in [3.8, 4) is 5.75 Å². The van der Waals surface area contributed by atoms with Crippen LogP contribution in [0, 0.1) is 11.6 Å². The fourth-order valence-corrected chi connectivity index (χ4v) is 4.07. The highest BCUT2D eigenvalue weighted by molar-refractivity contribution is 7.99. The average molecular weight is 428 g/mol. The van der Waals surface area contributed by atoms with Gasteiger partial charge in [-0.05, 0) is 30.5 Å². The Labute approximate surface area is 166 Å². The fraction of sp³-hybridized carbons (Fsp3) is 0.167.